The fourth-order valence-electron chi connectivity index (χ4n) is 2.61. The van der Waals surface area contributed by atoms with Crippen LogP contribution in [0.4, 0.5) is 0 Å². The quantitative estimate of drug-likeness (QED) is 0.667. The lowest BCUT2D eigenvalue weighted by Gasteiger charge is -2.16. The highest BCUT2D eigenvalue weighted by atomic mass is 14.9. The van der Waals surface area contributed by atoms with E-state index in [9.17, 15) is 0 Å². The first kappa shape index (κ1) is 16.7. The molecule has 0 amide bonds. The Kier molecular flexibility index (Phi) is 7.14. The van der Waals surface area contributed by atoms with Crippen molar-refractivity contribution in [1.82, 2.24) is 10.6 Å². The topological polar surface area (TPSA) is 24.1 Å². The van der Waals surface area contributed by atoms with Crippen LogP contribution in [-0.2, 0) is 0 Å². The predicted molar refractivity (Wildman–Crippen MR) is 95.0 cm³/mol. The van der Waals surface area contributed by atoms with E-state index >= 15 is 0 Å². The third-order valence-corrected chi connectivity index (χ3v) is 4.10. The molecule has 0 bridgehead atoms. The van der Waals surface area contributed by atoms with Gasteiger partial charge >= 0.3 is 0 Å². The minimum absolute atomic E-state index is 0.428. The molecule has 0 fully saturated rings. The fraction of sp³-hybridized carbons (Fsp3) is 0.400. The molecule has 0 heterocycles. The standard InChI is InChI=1S/C20H28N2/c1-17(19-11-5-3-6-12-19)21-15-9-10-16-22-18(2)20-13-7-4-8-14-20/h3-8,11-14,17-18,21-22H,9-10,15-16H2,1-2H3/t17-,18-/m1/s1. The van der Waals surface area contributed by atoms with Gasteiger partial charge in [0.25, 0.3) is 0 Å². The van der Waals surface area contributed by atoms with Crippen LogP contribution in [0.2, 0.25) is 0 Å². The lowest BCUT2D eigenvalue weighted by atomic mass is 10.1. The number of unbranched alkanes of at least 4 members (excludes halogenated alkanes) is 1. The summed E-state index contributed by atoms with van der Waals surface area (Å²) >= 11 is 0. The van der Waals surface area contributed by atoms with Gasteiger partial charge in [-0.3, -0.25) is 0 Å². The molecule has 2 N–H and O–H groups in total. The summed E-state index contributed by atoms with van der Waals surface area (Å²) in [4.78, 5) is 0. The van der Waals surface area contributed by atoms with Crippen molar-refractivity contribution in [1.29, 1.82) is 0 Å². The Balaban J connectivity index is 1.56. The highest BCUT2D eigenvalue weighted by Gasteiger charge is 2.04. The fourth-order valence-corrected chi connectivity index (χ4v) is 2.61. The molecule has 0 aliphatic carbocycles. The molecule has 2 heteroatoms. The SMILES string of the molecule is C[C@@H](NCCCCN[C@H](C)c1ccccc1)c1ccccc1. The van der Waals surface area contributed by atoms with E-state index in [-0.39, 0.29) is 0 Å². The average Bonchev–Trinajstić information content (AvgIpc) is 2.59. The van der Waals surface area contributed by atoms with Crippen LogP contribution in [0.1, 0.15) is 49.9 Å². The zero-order valence-electron chi connectivity index (χ0n) is 13.8. The molecule has 0 unspecified atom stereocenters. The van der Waals surface area contributed by atoms with Gasteiger partial charge in [0.1, 0.15) is 0 Å². The Labute approximate surface area is 135 Å². The van der Waals surface area contributed by atoms with Crippen LogP contribution in [0.3, 0.4) is 0 Å². The number of benzene rings is 2. The van der Waals surface area contributed by atoms with Crippen molar-refractivity contribution < 1.29 is 0 Å². The van der Waals surface area contributed by atoms with Gasteiger partial charge in [0.05, 0.1) is 0 Å². The van der Waals surface area contributed by atoms with E-state index in [2.05, 4.69) is 85.1 Å². The van der Waals surface area contributed by atoms with E-state index in [0.717, 1.165) is 13.1 Å². The molecule has 0 aliphatic heterocycles. The largest absolute Gasteiger partial charge is 0.310 e. The second-order valence-corrected chi connectivity index (χ2v) is 5.88. The predicted octanol–water partition coefficient (Wildman–Crippen LogP) is 4.47. The third kappa shape index (κ3) is 5.63. The molecule has 2 aromatic rings. The van der Waals surface area contributed by atoms with E-state index in [1.807, 2.05) is 0 Å². The van der Waals surface area contributed by atoms with Gasteiger partial charge in [0, 0.05) is 12.1 Å². The summed E-state index contributed by atoms with van der Waals surface area (Å²) in [6.45, 7) is 6.59. The van der Waals surface area contributed by atoms with Crippen LogP contribution in [0.15, 0.2) is 60.7 Å². The number of nitrogens with one attached hydrogen (secondary N) is 2. The zero-order valence-corrected chi connectivity index (χ0v) is 13.8. The van der Waals surface area contributed by atoms with Crippen LogP contribution in [-0.4, -0.2) is 13.1 Å². The first-order valence-corrected chi connectivity index (χ1v) is 8.34. The number of hydrogen-bond donors (Lipinski definition) is 2. The van der Waals surface area contributed by atoms with Crippen molar-refractivity contribution in [3.05, 3.63) is 71.8 Å². The third-order valence-electron chi connectivity index (χ3n) is 4.10. The van der Waals surface area contributed by atoms with Crippen LogP contribution in [0, 0.1) is 0 Å². The smallest absolute Gasteiger partial charge is 0.0291 e. The van der Waals surface area contributed by atoms with Gasteiger partial charge in [-0.2, -0.15) is 0 Å². The summed E-state index contributed by atoms with van der Waals surface area (Å²) in [6, 6.07) is 22.1. The summed E-state index contributed by atoms with van der Waals surface area (Å²) < 4.78 is 0. The normalized spacial score (nSPS) is 13.7. The zero-order chi connectivity index (χ0) is 15.6. The average molecular weight is 296 g/mol. The highest BCUT2D eigenvalue weighted by Crippen LogP contribution is 2.12. The van der Waals surface area contributed by atoms with Gasteiger partial charge in [-0.15, -0.1) is 0 Å². The molecular weight excluding hydrogens is 268 g/mol. The lowest BCUT2D eigenvalue weighted by Crippen LogP contribution is -2.23. The molecule has 22 heavy (non-hydrogen) atoms. The maximum absolute atomic E-state index is 3.59. The Morgan fingerprint density at radius 3 is 1.36 bits per heavy atom. The lowest BCUT2D eigenvalue weighted by molar-refractivity contribution is 0.510. The van der Waals surface area contributed by atoms with Crippen LogP contribution in [0.25, 0.3) is 0 Å². The Bertz CT molecular complexity index is 460. The maximum Gasteiger partial charge on any atom is 0.0291 e. The van der Waals surface area contributed by atoms with E-state index in [1.54, 1.807) is 0 Å². The van der Waals surface area contributed by atoms with Crippen LogP contribution >= 0.6 is 0 Å². The van der Waals surface area contributed by atoms with Gasteiger partial charge in [0.15, 0.2) is 0 Å². The number of rotatable bonds is 9. The van der Waals surface area contributed by atoms with Crippen LogP contribution < -0.4 is 10.6 Å². The molecule has 0 saturated heterocycles. The summed E-state index contributed by atoms with van der Waals surface area (Å²) in [5.74, 6) is 0. The highest BCUT2D eigenvalue weighted by molar-refractivity contribution is 5.18. The van der Waals surface area contributed by atoms with Crippen molar-refractivity contribution in [3.8, 4) is 0 Å². The minimum atomic E-state index is 0.428. The monoisotopic (exact) mass is 296 g/mol. The van der Waals surface area contributed by atoms with Gasteiger partial charge in [-0.1, -0.05) is 60.7 Å². The van der Waals surface area contributed by atoms with E-state index in [0.29, 0.717) is 12.1 Å². The van der Waals surface area contributed by atoms with E-state index < -0.39 is 0 Å². The molecule has 2 aromatic carbocycles. The first-order valence-electron chi connectivity index (χ1n) is 8.34. The Morgan fingerprint density at radius 2 is 1.00 bits per heavy atom. The molecule has 2 rings (SSSR count). The van der Waals surface area contributed by atoms with E-state index in [1.165, 1.54) is 24.0 Å². The maximum atomic E-state index is 3.59. The van der Waals surface area contributed by atoms with Gasteiger partial charge in [-0.25, -0.2) is 0 Å². The second kappa shape index (κ2) is 9.39. The van der Waals surface area contributed by atoms with Crippen LogP contribution in [0.5, 0.6) is 0 Å². The van der Waals surface area contributed by atoms with Gasteiger partial charge in [-0.05, 0) is 50.9 Å². The summed E-state index contributed by atoms with van der Waals surface area (Å²) in [7, 11) is 0. The molecule has 2 nitrogen and oxygen atoms in total. The summed E-state index contributed by atoms with van der Waals surface area (Å²) in [5, 5.41) is 7.18. The number of hydrogen-bond acceptors (Lipinski definition) is 2. The Morgan fingerprint density at radius 1 is 0.636 bits per heavy atom. The molecule has 0 radical (unpaired) electrons. The van der Waals surface area contributed by atoms with Crippen molar-refractivity contribution in [2.75, 3.05) is 13.1 Å². The molecule has 2 atom stereocenters. The summed E-state index contributed by atoms with van der Waals surface area (Å²) in [5.41, 5.74) is 2.72. The molecular formula is C20H28N2. The van der Waals surface area contributed by atoms with Crippen molar-refractivity contribution in [3.63, 3.8) is 0 Å². The molecule has 0 aromatic heterocycles. The van der Waals surface area contributed by atoms with Crippen molar-refractivity contribution in [2.45, 2.75) is 38.8 Å². The Hall–Kier alpha value is -1.64. The second-order valence-electron chi connectivity index (χ2n) is 5.88. The van der Waals surface area contributed by atoms with Gasteiger partial charge < -0.3 is 10.6 Å². The summed E-state index contributed by atoms with van der Waals surface area (Å²) in [6.07, 6.45) is 2.40. The minimum Gasteiger partial charge on any atom is -0.310 e. The molecule has 0 saturated carbocycles. The van der Waals surface area contributed by atoms with Crippen molar-refractivity contribution >= 4 is 0 Å². The van der Waals surface area contributed by atoms with Gasteiger partial charge in [0.2, 0.25) is 0 Å². The van der Waals surface area contributed by atoms with Crippen molar-refractivity contribution in [2.24, 2.45) is 0 Å². The first-order chi connectivity index (χ1) is 10.8. The molecule has 118 valence electrons. The van der Waals surface area contributed by atoms with E-state index in [4.69, 9.17) is 0 Å². The molecule has 0 spiro atoms. The molecule has 0 aliphatic rings.